The van der Waals surface area contributed by atoms with Crippen LogP contribution >= 0.6 is 0 Å². The summed E-state index contributed by atoms with van der Waals surface area (Å²) in [6, 6.07) is 8.58. The molecule has 0 spiro atoms. The molecular formula is C23H23F2N7O. The lowest BCUT2D eigenvalue weighted by atomic mass is 10.2. The molecule has 8 nitrogen and oxygen atoms in total. The smallest absolute Gasteiger partial charge is 0.261 e. The first kappa shape index (κ1) is 21.1. The number of aryl methyl sites for hydroxylation is 2. The van der Waals surface area contributed by atoms with Crippen LogP contribution in [0.25, 0.3) is 10.9 Å². The molecular weight excluding hydrogens is 428 g/mol. The average Bonchev–Trinajstić information content (AvgIpc) is 3.13. The molecule has 2 N–H and O–H groups in total. The van der Waals surface area contributed by atoms with Crippen molar-refractivity contribution in [3.05, 3.63) is 60.2 Å². The number of nitrogens with zero attached hydrogens (tertiary/aromatic N) is 5. The van der Waals surface area contributed by atoms with E-state index in [9.17, 15) is 4.39 Å². The molecule has 170 valence electrons. The van der Waals surface area contributed by atoms with Gasteiger partial charge < -0.3 is 24.8 Å². The van der Waals surface area contributed by atoms with Gasteiger partial charge in [-0.2, -0.15) is 9.37 Å². The number of hydrogen-bond acceptors (Lipinski definition) is 7. The molecule has 0 saturated carbocycles. The van der Waals surface area contributed by atoms with Crippen molar-refractivity contribution < 1.29 is 13.5 Å². The van der Waals surface area contributed by atoms with Crippen molar-refractivity contribution in [2.24, 2.45) is 7.05 Å². The molecule has 0 radical (unpaired) electrons. The zero-order valence-electron chi connectivity index (χ0n) is 18.3. The fourth-order valence-electron chi connectivity index (χ4n) is 3.87. The number of halogens is 2. The zero-order valence-corrected chi connectivity index (χ0v) is 18.3. The second kappa shape index (κ2) is 8.62. The van der Waals surface area contributed by atoms with Crippen molar-refractivity contribution >= 4 is 28.2 Å². The summed E-state index contributed by atoms with van der Waals surface area (Å²) in [5, 5.41) is 6.54. The number of ether oxygens (including phenoxy) is 1. The second-order valence-electron chi connectivity index (χ2n) is 7.86. The molecule has 1 aliphatic heterocycles. The van der Waals surface area contributed by atoms with Crippen LogP contribution in [0.5, 0.6) is 11.6 Å². The maximum Gasteiger partial charge on any atom is 0.261 e. The lowest BCUT2D eigenvalue weighted by Crippen LogP contribution is -2.43. The van der Waals surface area contributed by atoms with E-state index in [1.54, 1.807) is 24.4 Å². The van der Waals surface area contributed by atoms with Crippen molar-refractivity contribution in [1.82, 2.24) is 24.8 Å². The van der Waals surface area contributed by atoms with Gasteiger partial charge in [-0.25, -0.2) is 14.4 Å². The van der Waals surface area contributed by atoms with Crippen LogP contribution in [-0.4, -0.2) is 45.7 Å². The predicted octanol–water partition coefficient (Wildman–Crippen LogP) is 3.90. The molecule has 1 aromatic carbocycles. The highest BCUT2D eigenvalue weighted by molar-refractivity contribution is 5.83. The van der Waals surface area contributed by atoms with Crippen molar-refractivity contribution in [3.63, 3.8) is 0 Å². The Morgan fingerprint density at radius 1 is 1.03 bits per heavy atom. The Labute approximate surface area is 189 Å². The van der Waals surface area contributed by atoms with Gasteiger partial charge in [0.15, 0.2) is 17.4 Å². The molecule has 10 heteroatoms. The molecule has 0 aliphatic carbocycles. The van der Waals surface area contributed by atoms with Crippen LogP contribution in [-0.2, 0) is 7.05 Å². The van der Waals surface area contributed by atoms with E-state index < -0.39 is 11.6 Å². The first-order chi connectivity index (χ1) is 16.0. The molecule has 4 heterocycles. The number of pyridine rings is 1. The van der Waals surface area contributed by atoms with Gasteiger partial charge in [0, 0.05) is 44.3 Å². The lowest BCUT2D eigenvalue weighted by Gasteiger charge is -2.29. The monoisotopic (exact) mass is 451 g/mol. The van der Waals surface area contributed by atoms with Crippen LogP contribution in [0.3, 0.4) is 0 Å². The Morgan fingerprint density at radius 3 is 2.61 bits per heavy atom. The largest absolute Gasteiger partial charge is 0.433 e. The number of benzene rings is 1. The van der Waals surface area contributed by atoms with Gasteiger partial charge in [-0.05, 0) is 37.3 Å². The van der Waals surface area contributed by atoms with Crippen LogP contribution in [0.4, 0.5) is 26.1 Å². The highest BCUT2D eigenvalue weighted by Gasteiger charge is 2.18. The first-order valence-electron chi connectivity index (χ1n) is 10.6. The third-order valence-corrected chi connectivity index (χ3v) is 5.81. The molecule has 3 aromatic heterocycles. The Balaban J connectivity index is 1.36. The van der Waals surface area contributed by atoms with Crippen molar-refractivity contribution in [2.75, 3.05) is 36.4 Å². The van der Waals surface area contributed by atoms with Gasteiger partial charge in [0.1, 0.15) is 12.1 Å². The molecule has 1 saturated heterocycles. The van der Waals surface area contributed by atoms with Crippen LogP contribution in [0.2, 0.25) is 0 Å². The highest BCUT2D eigenvalue weighted by atomic mass is 19.1. The summed E-state index contributed by atoms with van der Waals surface area (Å²) in [5.74, 6) is -1.60. The highest BCUT2D eigenvalue weighted by Crippen LogP contribution is 2.33. The van der Waals surface area contributed by atoms with Gasteiger partial charge >= 0.3 is 0 Å². The fraction of sp³-hybridized carbons (Fsp3) is 0.261. The number of hydrogen-bond donors (Lipinski definition) is 2. The Kier molecular flexibility index (Phi) is 5.51. The summed E-state index contributed by atoms with van der Waals surface area (Å²) in [4.78, 5) is 14.4. The standard InChI is InChI=1S/C23H23F2N7O/c1-14-11-16-17(31(14)2)4-5-18(20(16)24)33-23-21(25)22(28-13-29-23)30-19-6-3-15(12-27-19)32-9-7-26-8-10-32/h3-6,11-13,26H,7-10H2,1-2H3,(H,27,28,29,30). The van der Waals surface area contributed by atoms with Crippen molar-refractivity contribution in [2.45, 2.75) is 6.92 Å². The van der Waals surface area contributed by atoms with Crippen LogP contribution in [0.1, 0.15) is 5.69 Å². The minimum Gasteiger partial charge on any atom is -0.433 e. The SMILES string of the molecule is Cc1cc2c(F)c(Oc3ncnc(Nc4ccc(N5CCNCC5)cn4)c3F)ccc2n1C. The van der Waals surface area contributed by atoms with E-state index in [4.69, 9.17) is 4.74 Å². The van der Waals surface area contributed by atoms with E-state index >= 15 is 4.39 Å². The van der Waals surface area contributed by atoms with E-state index in [-0.39, 0.29) is 17.4 Å². The third kappa shape index (κ3) is 4.05. The summed E-state index contributed by atoms with van der Waals surface area (Å²) < 4.78 is 37.4. The third-order valence-electron chi connectivity index (χ3n) is 5.81. The Morgan fingerprint density at radius 2 is 1.85 bits per heavy atom. The number of fused-ring (bicyclic) bond motifs is 1. The van der Waals surface area contributed by atoms with E-state index in [1.807, 2.05) is 24.6 Å². The first-order valence-corrected chi connectivity index (χ1v) is 10.6. The number of piperazine rings is 1. The average molecular weight is 451 g/mol. The molecule has 0 unspecified atom stereocenters. The molecule has 0 bridgehead atoms. The molecule has 5 rings (SSSR count). The maximum atomic E-state index is 15.0. The van der Waals surface area contributed by atoms with Gasteiger partial charge in [0.25, 0.3) is 5.88 Å². The van der Waals surface area contributed by atoms with Gasteiger partial charge in [0.2, 0.25) is 5.82 Å². The van der Waals surface area contributed by atoms with Gasteiger partial charge in [-0.1, -0.05) is 0 Å². The quantitative estimate of drug-likeness (QED) is 0.476. The van der Waals surface area contributed by atoms with Crippen LogP contribution in [0, 0.1) is 18.6 Å². The van der Waals surface area contributed by atoms with Crippen LogP contribution in [0.15, 0.2) is 42.9 Å². The summed E-state index contributed by atoms with van der Waals surface area (Å²) >= 11 is 0. The van der Waals surface area contributed by atoms with Crippen LogP contribution < -0.4 is 20.3 Å². The number of rotatable bonds is 5. The number of anilines is 3. The summed E-state index contributed by atoms with van der Waals surface area (Å²) in [6.07, 6.45) is 2.88. The normalized spacial score (nSPS) is 14.0. The molecule has 1 aliphatic rings. The van der Waals surface area contributed by atoms with E-state index in [0.717, 1.165) is 49.4 Å². The lowest BCUT2D eigenvalue weighted by molar-refractivity contribution is 0.399. The summed E-state index contributed by atoms with van der Waals surface area (Å²) in [6.45, 7) is 5.53. The number of nitrogens with one attached hydrogen (secondary N) is 2. The van der Waals surface area contributed by atoms with Gasteiger partial charge in [-0.3, -0.25) is 0 Å². The predicted molar refractivity (Wildman–Crippen MR) is 122 cm³/mol. The topological polar surface area (TPSA) is 80.1 Å². The minimum atomic E-state index is -0.839. The summed E-state index contributed by atoms with van der Waals surface area (Å²) in [7, 11) is 1.85. The fourth-order valence-corrected chi connectivity index (χ4v) is 3.87. The summed E-state index contributed by atoms with van der Waals surface area (Å²) in [5.41, 5.74) is 2.62. The molecule has 1 fully saturated rings. The number of aromatic nitrogens is 4. The zero-order chi connectivity index (χ0) is 22.9. The Hall–Kier alpha value is -3.79. The molecule has 33 heavy (non-hydrogen) atoms. The second-order valence-corrected chi connectivity index (χ2v) is 7.86. The van der Waals surface area contributed by atoms with Gasteiger partial charge in [-0.15, -0.1) is 0 Å². The minimum absolute atomic E-state index is 0.112. The molecule has 0 atom stereocenters. The molecule has 4 aromatic rings. The van der Waals surface area contributed by atoms with Gasteiger partial charge in [0.05, 0.1) is 17.4 Å². The van der Waals surface area contributed by atoms with E-state index in [2.05, 4.69) is 30.5 Å². The van der Waals surface area contributed by atoms with E-state index in [1.165, 1.54) is 6.07 Å². The Bertz CT molecular complexity index is 1300. The van der Waals surface area contributed by atoms with Crippen molar-refractivity contribution in [3.8, 4) is 11.6 Å². The molecule has 0 amide bonds. The maximum absolute atomic E-state index is 15.0. The van der Waals surface area contributed by atoms with Crippen molar-refractivity contribution in [1.29, 1.82) is 0 Å². The van der Waals surface area contributed by atoms with E-state index in [0.29, 0.717) is 11.2 Å².